The summed E-state index contributed by atoms with van der Waals surface area (Å²) in [6.07, 6.45) is 0. The van der Waals surface area contributed by atoms with Crippen LogP contribution < -0.4 is 10.6 Å². The molecule has 0 atom stereocenters. The van der Waals surface area contributed by atoms with E-state index >= 15 is 0 Å². The van der Waals surface area contributed by atoms with E-state index in [1.165, 1.54) is 30.3 Å². The van der Waals surface area contributed by atoms with Crippen molar-refractivity contribution in [3.8, 4) is 0 Å². The lowest BCUT2D eigenvalue weighted by Crippen LogP contribution is -2.20. The van der Waals surface area contributed by atoms with Gasteiger partial charge < -0.3 is 15.7 Å². The molecule has 0 aliphatic rings. The molecule has 0 saturated carbocycles. The first kappa shape index (κ1) is 14.5. The molecule has 5 nitrogen and oxygen atoms in total. The summed E-state index contributed by atoms with van der Waals surface area (Å²) in [7, 11) is 0. The maximum atomic E-state index is 13.6. The third kappa shape index (κ3) is 3.56. The number of amides is 2. The molecule has 0 fully saturated rings. The number of hydrogen-bond acceptors (Lipinski definition) is 2. The zero-order valence-electron chi connectivity index (χ0n) is 11.2. The molecular weight excluding hydrogens is 275 g/mol. The number of aryl methyl sites for hydroxylation is 1. The average Bonchev–Trinajstić information content (AvgIpc) is 2.43. The van der Waals surface area contributed by atoms with Gasteiger partial charge in [-0.1, -0.05) is 12.1 Å². The van der Waals surface area contributed by atoms with Gasteiger partial charge in [0.05, 0.1) is 11.3 Å². The molecule has 0 aromatic heterocycles. The highest BCUT2D eigenvalue weighted by molar-refractivity contribution is 6.00. The Bertz CT molecular complexity index is 664. The van der Waals surface area contributed by atoms with Crippen molar-refractivity contribution in [2.24, 2.45) is 0 Å². The SMILES string of the molecule is Cc1cccc(F)c1NC(=O)Nc1ccc(C(=O)O)cc1. The van der Waals surface area contributed by atoms with E-state index in [2.05, 4.69) is 10.6 Å². The first-order valence-electron chi connectivity index (χ1n) is 6.14. The Hall–Kier alpha value is -2.89. The zero-order valence-corrected chi connectivity index (χ0v) is 11.2. The maximum Gasteiger partial charge on any atom is 0.335 e. The van der Waals surface area contributed by atoms with Crippen molar-refractivity contribution in [3.05, 3.63) is 59.4 Å². The number of rotatable bonds is 3. The Labute approximate surface area is 120 Å². The third-order valence-corrected chi connectivity index (χ3v) is 2.85. The number of para-hydroxylation sites is 1. The second kappa shape index (κ2) is 6.04. The lowest BCUT2D eigenvalue weighted by Gasteiger charge is -2.10. The predicted molar refractivity (Wildman–Crippen MR) is 77.2 cm³/mol. The highest BCUT2D eigenvalue weighted by Crippen LogP contribution is 2.19. The lowest BCUT2D eigenvalue weighted by molar-refractivity contribution is 0.0697. The molecule has 0 saturated heterocycles. The van der Waals surface area contributed by atoms with Gasteiger partial charge in [-0.25, -0.2) is 14.0 Å². The molecule has 0 bridgehead atoms. The van der Waals surface area contributed by atoms with Gasteiger partial charge in [0.1, 0.15) is 5.82 Å². The van der Waals surface area contributed by atoms with Crippen molar-refractivity contribution in [1.29, 1.82) is 0 Å². The van der Waals surface area contributed by atoms with E-state index < -0.39 is 17.8 Å². The van der Waals surface area contributed by atoms with E-state index in [0.29, 0.717) is 11.3 Å². The van der Waals surface area contributed by atoms with Crippen LogP contribution in [-0.4, -0.2) is 17.1 Å². The number of nitrogens with one attached hydrogen (secondary N) is 2. The van der Waals surface area contributed by atoms with Crippen LogP contribution in [0.15, 0.2) is 42.5 Å². The normalized spacial score (nSPS) is 10.0. The molecule has 0 heterocycles. The fourth-order valence-corrected chi connectivity index (χ4v) is 1.76. The Balaban J connectivity index is 2.06. The third-order valence-electron chi connectivity index (χ3n) is 2.85. The number of halogens is 1. The monoisotopic (exact) mass is 288 g/mol. The Morgan fingerprint density at radius 2 is 1.71 bits per heavy atom. The number of aromatic carboxylic acids is 1. The van der Waals surface area contributed by atoms with E-state index in [9.17, 15) is 14.0 Å². The van der Waals surface area contributed by atoms with Gasteiger partial charge in [-0.2, -0.15) is 0 Å². The number of carboxylic acid groups (broad SMARTS) is 1. The number of carbonyl (C=O) groups is 2. The average molecular weight is 288 g/mol. The number of urea groups is 1. The summed E-state index contributed by atoms with van der Waals surface area (Å²) in [6.45, 7) is 1.68. The van der Waals surface area contributed by atoms with Gasteiger partial charge >= 0.3 is 12.0 Å². The minimum Gasteiger partial charge on any atom is -0.478 e. The highest BCUT2D eigenvalue weighted by atomic mass is 19.1. The van der Waals surface area contributed by atoms with Gasteiger partial charge in [0.25, 0.3) is 0 Å². The molecule has 2 amide bonds. The van der Waals surface area contributed by atoms with E-state index in [1.807, 2.05) is 0 Å². The summed E-state index contributed by atoms with van der Waals surface area (Å²) < 4.78 is 13.6. The lowest BCUT2D eigenvalue weighted by atomic mass is 10.2. The van der Waals surface area contributed by atoms with Gasteiger partial charge in [-0.3, -0.25) is 0 Å². The zero-order chi connectivity index (χ0) is 15.4. The number of hydrogen-bond donors (Lipinski definition) is 3. The van der Waals surface area contributed by atoms with Crippen LogP contribution in [0.25, 0.3) is 0 Å². The van der Waals surface area contributed by atoms with Gasteiger partial charge in [-0.15, -0.1) is 0 Å². The van der Waals surface area contributed by atoms with Crippen molar-refractivity contribution in [2.75, 3.05) is 10.6 Å². The Kier molecular flexibility index (Phi) is 4.18. The summed E-state index contributed by atoms with van der Waals surface area (Å²) >= 11 is 0. The minimum absolute atomic E-state index is 0.108. The van der Waals surface area contributed by atoms with E-state index in [-0.39, 0.29) is 11.3 Å². The Morgan fingerprint density at radius 3 is 2.29 bits per heavy atom. The van der Waals surface area contributed by atoms with Crippen LogP contribution in [0.3, 0.4) is 0 Å². The van der Waals surface area contributed by atoms with Crippen LogP contribution in [0.4, 0.5) is 20.6 Å². The standard InChI is InChI=1S/C15H13FN2O3/c1-9-3-2-4-12(16)13(9)18-15(21)17-11-7-5-10(6-8-11)14(19)20/h2-8H,1H3,(H,19,20)(H2,17,18,21). The molecule has 0 unspecified atom stereocenters. The summed E-state index contributed by atoms with van der Waals surface area (Å²) in [5.74, 6) is -1.57. The molecule has 0 aliphatic carbocycles. The largest absolute Gasteiger partial charge is 0.478 e. The highest BCUT2D eigenvalue weighted by Gasteiger charge is 2.10. The summed E-state index contributed by atoms with van der Waals surface area (Å²) in [4.78, 5) is 22.5. The quantitative estimate of drug-likeness (QED) is 0.809. The Morgan fingerprint density at radius 1 is 1.05 bits per heavy atom. The number of carboxylic acids is 1. The molecule has 0 aliphatic heterocycles. The minimum atomic E-state index is -1.05. The van der Waals surface area contributed by atoms with Crippen LogP contribution in [-0.2, 0) is 0 Å². The summed E-state index contributed by atoms with van der Waals surface area (Å²) in [5, 5.41) is 13.7. The van der Waals surface area contributed by atoms with Gasteiger partial charge in [0, 0.05) is 5.69 Å². The molecule has 2 rings (SSSR count). The van der Waals surface area contributed by atoms with E-state index in [4.69, 9.17) is 5.11 Å². The van der Waals surface area contributed by atoms with Crippen LogP contribution >= 0.6 is 0 Å². The van der Waals surface area contributed by atoms with Crippen molar-refractivity contribution >= 4 is 23.4 Å². The van der Waals surface area contributed by atoms with Gasteiger partial charge in [0.15, 0.2) is 0 Å². The van der Waals surface area contributed by atoms with Crippen molar-refractivity contribution in [2.45, 2.75) is 6.92 Å². The number of anilines is 2. The van der Waals surface area contributed by atoms with E-state index in [0.717, 1.165) is 0 Å². The van der Waals surface area contributed by atoms with Crippen LogP contribution in [0.5, 0.6) is 0 Å². The summed E-state index contributed by atoms with van der Waals surface area (Å²) in [6, 6.07) is 9.53. The first-order chi connectivity index (χ1) is 9.97. The fraction of sp³-hybridized carbons (Fsp3) is 0.0667. The fourth-order valence-electron chi connectivity index (χ4n) is 1.76. The first-order valence-corrected chi connectivity index (χ1v) is 6.14. The predicted octanol–water partition coefficient (Wildman–Crippen LogP) is 3.48. The summed E-state index contributed by atoms with van der Waals surface area (Å²) in [5.41, 5.74) is 1.24. The second-order valence-electron chi connectivity index (χ2n) is 4.39. The molecule has 6 heteroatoms. The number of benzene rings is 2. The van der Waals surface area contributed by atoms with Gasteiger partial charge in [-0.05, 0) is 42.8 Å². The van der Waals surface area contributed by atoms with Crippen LogP contribution in [0.2, 0.25) is 0 Å². The molecule has 0 spiro atoms. The molecule has 2 aromatic rings. The smallest absolute Gasteiger partial charge is 0.335 e. The van der Waals surface area contributed by atoms with Crippen LogP contribution in [0, 0.1) is 12.7 Å². The maximum absolute atomic E-state index is 13.6. The topological polar surface area (TPSA) is 78.4 Å². The van der Waals surface area contributed by atoms with Crippen LogP contribution in [0.1, 0.15) is 15.9 Å². The molecule has 2 aromatic carbocycles. The second-order valence-corrected chi connectivity index (χ2v) is 4.39. The molecular formula is C15H13FN2O3. The molecule has 3 N–H and O–H groups in total. The van der Waals surface area contributed by atoms with Crippen molar-refractivity contribution in [1.82, 2.24) is 0 Å². The molecule has 108 valence electrons. The van der Waals surface area contributed by atoms with Crippen molar-refractivity contribution < 1.29 is 19.1 Å². The number of carbonyl (C=O) groups excluding carboxylic acids is 1. The van der Waals surface area contributed by atoms with Gasteiger partial charge in [0.2, 0.25) is 0 Å². The molecule has 21 heavy (non-hydrogen) atoms. The van der Waals surface area contributed by atoms with E-state index in [1.54, 1.807) is 19.1 Å². The van der Waals surface area contributed by atoms with Crippen molar-refractivity contribution in [3.63, 3.8) is 0 Å². The molecule has 0 radical (unpaired) electrons.